The number of nitrogens with zero attached hydrogens (tertiary/aromatic N) is 3. The Hall–Kier alpha value is -2.96. The van der Waals surface area contributed by atoms with E-state index in [1.807, 2.05) is 18.2 Å². The van der Waals surface area contributed by atoms with Gasteiger partial charge < -0.3 is 4.74 Å². The van der Waals surface area contributed by atoms with Crippen LogP contribution < -0.4 is 9.64 Å². The molecule has 4 rings (SSSR count). The minimum absolute atomic E-state index is 0.123. The summed E-state index contributed by atoms with van der Waals surface area (Å²) in [5, 5.41) is 0. The van der Waals surface area contributed by atoms with Gasteiger partial charge >= 0.3 is 0 Å². The molecule has 2 aliphatic rings. The highest BCUT2D eigenvalue weighted by Gasteiger charge is 2.43. The maximum absolute atomic E-state index is 13.0. The molecule has 2 aromatic carbocycles. The van der Waals surface area contributed by atoms with Gasteiger partial charge in [0.1, 0.15) is 5.75 Å². The molecule has 0 radical (unpaired) electrons. The summed E-state index contributed by atoms with van der Waals surface area (Å²) in [5.74, 6) is 0.442. The van der Waals surface area contributed by atoms with Crippen LogP contribution in [0.3, 0.4) is 0 Å². The van der Waals surface area contributed by atoms with Crippen LogP contribution in [0, 0.1) is 0 Å². The van der Waals surface area contributed by atoms with Gasteiger partial charge in [0.25, 0.3) is 5.91 Å². The average Bonchev–Trinajstić information content (AvgIpc) is 3.09. The van der Waals surface area contributed by atoms with E-state index in [4.69, 9.17) is 4.74 Å². The number of anilines is 1. The van der Waals surface area contributed by atoms with Gasteiger partial charge in [-0.25, -0.2) is 4.90 Å². The Labute approximate surface area is 177 Å². The molecule has 6 nitrogen and oxygen atoms in total. The highest BCUT2D eigenvalue weighted by atomic mass is 16.5. The molecule has 0 aliphatic carbocycles. The first-order valence-corrected chi connectivity index (χ1v) is 10.3. The first-order chi connectivity index (χ1) is 14.7. The van der Waals surface area contributed by atoms with Crippen LogP contribution in [-0.2, 0) is 9.59 Å². The maximum Gasteiger partial charge on any atom is 0.251 e. The highest BCUT2D eigenvalue weighted by molar-refractivity contribution is 6.22. The van der Waals surface area contributed by atoms with Gasteiger partial charge in [-0.3, -0.25) is 19.4 Å². The van der Waals surface area contributed by atoms with Crippen molar-refractivity contribution in [1.82, 2.24) is 9.80 Å². The van der Waals surface area contributed by atoms with Crippen LogP contribution >= 0.6 is 0 Å². The van der Waals surface area contributed by atoms with Crippen molar-refractivity contribution >= 4 is 23.6 Å². The number of hydrogen-bond acceptors (Lipinski definition) is 5. The van der Waals surface area contributed by atoms with Gasteiger partial charge in [0, 0.05) is 32.7 Å². The third-order valence-corrected chi connectivity index (χ3v) is 5.77. The van der Waals surface area contributed by atoms with E-state index in [9.17, 15) is 9.59 Å². The molecule has 2 aromatic rings. The second-order valence-corrected chi connectivity index (χ2v) is 7.63. The second-order valence-electron chi connectivity index (χ2n) is 7.63. The van der Waals surface area contributed by atoms with Crippen LogP contribution in [0.4, 0.5) is 5.69 Å². The Balaban J connectivity index is 1.31. The number of methoxy groups -OCH3 is 1. The van der Waals surface area contributed by atoms with E-state index >= 15 is 0 Å². The van der Waals surface area contributed by atoms with E-state index in [0.29, 0.717) is 11.4 Å². The molecule has 2 saturated heterocycles. The molecule has 0 aromatic heterocycles. The Morgan fingerprint density at radius 3 is 2.33 bits per heavy atom. The average molecular weight is 405 g/mol. The van der Waals surface area contributed by atoms with Crippen LogP contribution in [-0.4, -0.2) is 67.5 Å². The lowest BCUT2D eigenvalue weighted by atomic mass is 10.1. The van der Waals surface area contributed by atoms with Gasteiger partial charge in [0.05, 0.1) is 25.3 Å². The number of imide groups is 1. The van der Waals surface area contributed by atoms with Gasteiger partial charge in [-0.15, -0.1) is 0 Å². The summed E-state index contributed by atoms with van der Waals surface area (Å²) in [6, 6.07) is 17.0. The number of carbonyl (C=O) groups excluding carboxylic acids is 2. The Bertz CT molecular complexity index is 903. The third kappa shape index (κ3) is 4.45. The molecule has 2 aliphatic heterocycles. The number of hydrogen-bond donors (Lipinski definition) is 0. The minimum atomic E-state index is -0.360. The Morgan fingerprint density at radius 2 is 1.67 bits per heavy atom. The SMILES string of the molecule is COc1ccc(N2C(=O)CC(N3CCN(CC=Cc4ccccc4)CC3)C2=O)cc1. The van der Waals surface area contributed by atoms with Gasteiger partial charge in [-0.05, 0) is 29.8 Å². The molecule has 1 atom stereocenters. The van der Waals surface area contributed by atoms with Crippen molar-refractivity contribution in [3.8, 4) is 5.75 Å². The molecule has 2 fully saturated rings. The van der Waals surface area contributed by atoms with Crippen molar-refractivity contribution in [2.45, 2.75) is 12.5 Å². The molecule has 0 N–H and O–H groups in total. The zero-order valence-corrected chi connectivity index (χ0v) is 17.2. The monoisotopic (exact) mass is 405 g/mol. The Morgan fingerprint density at radius 1 is 0.967 bits per heavy atom. The topological polar surface area (TPSA) is 53.1 Å². The van der Waals surface area contributed by atoms with Crippen LogP contribution in [0.1, 0.15) is 12.0 Å². The zero-order valence-electron chi connectivity index (χ0n) is 17.2. The van der Waals surface area contributed by atoms with E-state index in [2.05, 4.69) is 34.1 Å². The molecule has 2 amide bonds. The fraction of sp³-hybridized carbons (Fsp3) is 0.333. The minimum Gasteiger partial charge on any atom is -0.497 e. The number of ether oxygens (including phenoxy) is 1. The molecule has 0 saturated carbocycles. The van der Waals surface area contributed by atoms with Crippen LogP contribution in [0.5, 0.6) is 5.75 Å². The molecular formula is C24H27N3O3. The summed E-state index contributed by atoms with van der Waals surface area (Å²) < 4.78 is 5.16. The predicted octanol–water partition coefficient (Wildman–Crippen LogP) is 2.66. The molecule has 30 heavy (non-hydrogen) atoms. The van der Waals surface area contributed by atoms with Gasteiger partial charge in [-0.2, -0.15) is 0 Å². The molecule has 6 heteroatoms. The molecule has 0 bridgehead atoms. The fourth-order valence-corrected chi connectivity index (χ4v) is 4.06. The number of carbonyl (C=O) groups is 2. The van der Waals surface area contributed by atoms with Crippen molar-refractivity contribution in [3.05, 3.63) is 66.2 Å². The second kappa shape index (κ2) is 9.24. The first kappa shape index (κ1) is 20.3. The van der Waals surface area contributed by atoms with E-state index in [1.54, 1.807) is 31.4 Å². The lowest BCUT2D eigenvalue weighted by Crippen LogP contribution is -2.52. The summed E-state index contributed by atoms with van der Waals surface area (Å²) in [6.07, 6.45) is 4.57. The smallest absolute Gasteiger partial charge is 0.251 e. The first-order valence-electron chi connectivity index (χ1n) is 10.3. The van der Waals surface area contributed by atoms with Crippen molar-refractivity contribution in [2.24, 2.45) is 0 Å². The maximum atomic E-state index is 13.0. The summed E-state index contributed by atoms with van der Waals surface area (Å²) in [4.78, 5) is 31.4. The molecule has 1 unspecified atom stereocenters. The largest absolute Gasteiger partial charge is 0.497 e. The molecule has 0 spiro atoms. The molecule has 2 heterocycles. The van der Waals surface area contributed by atoms with Crippen molar-refractivity contribution in [3.63, 3.8) is 0 Å². The lowest BCUT2D eigenvalue weighted by molar-refractivity contribution is -0.123. The summed E-state index contributed by atoms with van der Waals surface area (Å²) in [6.45, 7) is 4.25. The molecular weight excluding hydrogens is 378 g/mol. The lowest BCUT2D eigenvalue weighted by Gasteiger charge is -2.36. The Kier molecular flexibility index (Phi) is 6.26. The van der Waals surface area contributed by atoms with Crippen LogP contribution in [0.15, 0.2) is 60.7 Å². The van der Waals surface area contributed by atoms with Crippen LogP contribution in [0.25, 0.3) is 6.08 Å². The van der Waals surface area contributed by atoms with Crippen molar-refractivity contribution in [1.29, 1.82) is 0 Å². The normalized spacial score (nSPS) is 21.0. The van der Waals surface area contributed by atoms with Crippen molar-refractivity contribution < 1.29 is 14.3 Å². The summed E-state index contributed by atoms with van der Waals surface area (Å²) in [5.41, 5.74) is 1.81. The van der Waals surface area contributed by atoms with E-state index < -0.39 is 0 Å². The zero-order chi connectivity index (χ0) is 20.9. The number of piperazine rings is 1. The van der Waals surface area contributed by atoms with E-state index in [-0.39, 0.29) is 24.3 Å². The quantitative estimate of drug-likeness (QED) is 0.692. The van der Waals surface area contributed by atoms with Crippen LogP contribution in [0.2, 0.25) is 0 Å². The number of amides is 2. The highest BCUT2D eigenvalue weighted by Crippen LogP contribution is 2.27. The van der Waals surface area contributed by atoms with Gasteiger partial charge in [-0.1, -0.05) is 42.5 Å². The third-order valence-electron chi connectivity index (χ3n) is 5.77. The van der Waals surface area contributed by atoms with E-state index in [1.165, 1.54) is 10.5 Å². The van der Waals surface area contributed by atoms with Gasteiger partial charge in [0.2, 0.25) is 5.91 Å². The van der Waals surface area contributed by atoms with Gasteiger partial charge in [0.15, 0.2) is 0 Å². The number of rotatable bonds is 6. The molecule has 156 valence electrons. The fourth-order valence-electron chi connectivity index (χ4n) is 4.06. The number of benzene rings is 2. The standard InChI is InChI=1S/C24H27N3O3/c1-30-21-11-9-20(10-12-21)27-23(28)18-22(24(27)29)26-16-14-25(15-17-26)13-5-8-19-6-3-2-4-7-19/h2-12,22H,13-18H2,1H3. The predicted molar refractivity (Wildman–Crippen MR) is 117 cm³/mol. The van der Waals surface area contributed by atoms with E-state index in [0.717, 1.165) is 32.7 Å². The summed E-state index contributed by atoms with van der Waals surface area (Å²) in [7, 11) is 1.59. The summed E-state index contributed by atoms with van der Waals surface area (Å²) >= 11 is 0. The van der Waals surface area contributed by atoms with Crippen molar-refractivity contribution in [2.75, 3.05) is 44.7 Å².